The van der Waals surface area contributed by atoms with E-state index in [0.717, 1.165) is 16.6 Å². The van der Waals surface area contributed by atoms with Crippen LogP contribution in [0.3, 0.4) is 0 Å². The van der Waals surface area contributed by atoms with E-state index in [4.69, 9.17) is 4.74 Å². The standard InChI is InChI=1S/C17H21N5O6S3/c1-4-10-29-17-20-19-16(30-17)18-15(23)6-5-9-21(31(3,26)27)13-11-12(22(24)25)7-8-14(13)28-2/h4,7-8,11H,1,5-6,9-10H2,2-3H3,(H,18,19,23). The monoisotopic (exact) mass is 487 g/mol. The number of ether oxygens (including phenoxy) is 1. The number of thioether (sulfide) groups is 1. The van der Waals surface area contributed by atoms with Gasteiger partial charge in [0.05, 0.1) is 18.3 Å². The summed E-state index contributed by atoms with van der Waals surface area (Å²) in [6.07, 6.45) is 2.89. The number of carbonyl (C=O) groups is 1. The molecule has 1 N–H and O–H groups in total. The Morgan fingerprint density at radius 3 is 2.81 bits per heavy atom. The van der Waals surface area contributed by atoms with E-state index in [-0.39, 0.29) is 42.4 Å². The normalized spacial score (nSPS) is 11.0. The van der Waals surface area contributed by atoms with Gasteiger partial charge >= 0.3 is 0 Å². The lowest BCUT2D eigenvalue weighted by Crippen LogP contribution is -2.32. The number of aromatic nitrogens is 2. The molecule has 0 aliphatic heterocycles. The zero-order chi connectivity index (χ0) is 23.0. The fourth-order valence-electron chi connectivity index (χ4n) is 2.47. The number of nitrogens with one attached hydrogen (secondary N) is 1. The van der Waals surface area contributed by atoms with E-state index in [9.17, 15) is 23.3 Å². The molecule has 0 spiro atoms. The third-order valence-electron chi connectivity index (χ3n) is 3.78. The average Bonchev–Trinajstić information content (AvgIpc) is 3.15. The molecule has 0 saturated heterocycles. The second-order valence-electron chi connectivity index (χ2n) is 6.07. The Balaban J connectivity index is 2.06. The quantitative estimate of drug-likeness (QED) is 0.157. The number of methoxy groups -OCH3 is 1. The fourth-order valence-corrected chi connectivity index (χ4v) is 4.96. The van der Waals surface area contributed by atoms with Crippen LogP contribution in [-0.4, -0.2) is 55.1 Å². The maximum atomic E-state index is 12.3. The van der Waals surface area contributed by atoms with E-state index in [0.29, 0.717) is 15.2 Å². The number of amides is 1. The highest BCUT2D eigenvalue weighted by Gasteiger charge is 2.24. The molecule has 14 heteroatoms. The van der Waals surface area contributed by atoms with E-state index in [1.54, 1.807) is 6.08 Å². The molecule has 0 atom stereocenters. The number of non-ortho nitro benzene ring substituents is 1. The third kappa shape index (κ3) is 7.18. The van der Waals surface area contributed by atoms with E-state index < -0.39 is 14.9 Å². The molecule has 31 heavy (non-hydrogen) atoms. The Morgan fingerprint density at radius 1 is 1.45 bits per heavy atom. The van der Waals surface area contributed by atoms with Crippen LogP contribution in [-0.2, 0) is 14.8 Å². The van der Waals surface area contributed by atoms with E-state index in [2.05, 4.69) is 22.1 Å². The summed E-state index contributed by atoms with van der Waals surface area (Å²) < 4.78 is 31.5. The maximum Gasteiger partial charge on any atom is 0.271 e. The molecule has 1 amide bonds. The molecule has 2 aromatic rings. The summed E-state index contributed by atoms with van der Waals surface area (Å²) in [7, 11) is -2.45. The van der Waals surface area contributed by atoms with Crippen LogP contribution in [0.4, 0.5) is 16.5 Å². The summed E-state index contributed by atoms with van der Waals surface area (Å²) in [5, 5.41) is 21.9. The largest absolute Gasteiger partial charge is 0.495 e. The third-order valence-corrected chi connectivity index (χ3v) is 6.93. The number of nitrogens with zero attached hydrogens (tertiary/aromatic N) is 4. The van der Waals surface area contributed by atoms with Crippen LogP contribution in [0.25, 0.3) is 0 Å². The summed E-state index contributed by atoms with van der Waals surface area (Å²) >= 11 is 2.67. The van der Waals surface area contributed by atoms with Gasteiger partial charge < -0.3 is 10.1 Å². The van der Waals surface area contributed by atoms with Crippen molar-refractivity contribution >= 4 is 55.5 Å². The second-order valence-corrected chi connectivity index (χ2v) is 10.2. The first-order valence-corrected chi connectivity index (χ1v) is 12.5. The molecule has 0 aliphatic rings. The van der Waals surface area contributed by atoms with Gasteiger partial charge in [-0.1, -0.05) is 29.2 Å². The molecule has 0 unspecified atom stereocenters. The number of nitro benzene ring substituents is 1. The number of carbonyl (C=O) groups excluding carboxylic acids is 1. The smallest absolute Gasteiger partial charge is 0.271 e. The first-order valence-electron chi connectivity index (χ1n) is 8.83. The van der Waals surface area contributed by atoms with E-state index in [1.807, 2.05) is 0 Å². The topological polar surface area (TPSA) is 145 Å². The highest BCUT2D eigenvalue weighted by Crippen LogP contribution is 2.34. The van der Waals surface area contributed by atoms with Crippen LogP contribution >= 0.6 is 23.1 Å². The Hall–Kier alpha value is -2.71. The van der Waals surface area contributed by atoms with Crippen LogP contribution < -0.4 is 14.4 Å². The number of rotatable bonds is 12. The highest BCUT2D eigenvalue weighted by molar-refractivity contribution is 8.01. The van der Waals surface area contributed by atoms with Gasteiger partial charge in [0.2, 0.25) is 21.1 Å². The molecule has 0 bridgehead atoms. The molecule has 11 nitrogen and oxygen atoms in total. The number of benzene rings is 1. The molecule has 0 saturated carbocycles. The highest BCUT2D eigenvalue weighted by atomic mass is 32.2. The van der Waals surface area contributed by atoms with Crippen molar-refractivity contribution in [1.82, 2.24) is 10.2 Å². The van der Waals surface area contributed by atoms with Crippen molar-refractivity contribution in [3.8, 4) is 5.75 Å². The van der Waals surface area contributed by atoms with Crippen molar-refractivity contribution in [1.29, 1.82) is 0 Å². The molecule has 1 aromatic carbocycles. The molecule has 0 aliphatic carbocycles. The summed E-state index contributed by atoms with van der Waals surface area (Å²) in [4.78, 5) is 22.7. The van der Waals surface area contributed by atoms with Gasteiger partial charge in [0, 0.05) is 30.9 Å². The Bertz CT molecular complexity index is 1060. The molecule has 2 rings (SSSR count). The zero-order valence-electron chi connectivity index (χ0n) is 16.8. The van der Waals surface area contributed by atoms with Crippen LogP contribution in [0.15, 0.2) is 35.2 Å². The van der Waals surface area contributed by atoms with Crippen molar-refractivity contribution in [3.05, 3.63) is 41.0 Å². The molecule has 0 radical (unpaired) electrons. The van der Waals surface area contributed by atoms with E-state index in [1.165, 1.54) is 42.3 Å². The van der Waals surface area contributed by atoms with Gasteiger partial charge in [0.1, 0.15) is 11.4 Å². The second kappa shape index (κ2) is 11.1. The van der Waals surface area contributed by atoms with Crippen molar-refractivity contribution < 1.29 is 22.9 Å². The Morgan fingerprint density at radius 2 is 2.19 bits per heavy atom. The lowest BCUT2D eigenvalue weighted by Gasteiger charge is -2.24. The number of hydrogen-bond acceptors (Lipinski definition) is 10. The van der Waals surface area contributed by atoms with Crippen LogP contribution in [0.5, 0.6) is 5.75 Å². The number of hydrogen-bond donors (Lipinski definition) is 1. The molecule has 0 fully saturated rings. The predicted octanol–water partition coefficient (Wildman–Crippen LogP) is 2.92. The van der Waals surface area contributed by atoms with Crippen molar-refractivity contribution in [2.24, 2.45) is 0 Å². The number of sulfonamides is 1. The minimum atomic E-state index is -3.79. The van der Waals surface area contributed by atoms with Gasteiger partial charge in [0.25, 0.3) is 5.69 Å². The lowest BCUT2D eigenvalue weighted by molar-refractivity contribution is -0.384. The average molecular weight is 488 g/mol. The SMILES string of the molecule is C=CCSc1nnc(NC(=O)CCCN(c2cc([N+](=O)[O-])ccc2OC)S(C)(=O)=O)s1. The number of nitro groups is 1. The summed E-state index contributed by atoms with van der Waals surface area (Å²) in [6, 6.07) is 3.68. The van der Waals surface area contributed by atoms with Gasteiger partial charge in [-0.05, 0) is 12.5 Å². The lowest BCUT2D eigenvalue weighted by atomic mass is 10.2. The van der Waals surface area contributed by atoms with Gasteiger partial charge in [-0.15, -0.1) is 16.8 Å². The minimum Gasteiger partial charge on any atom is -0.495 e. The van der Waals surface area contributed by atoms with E-state index >= 15 is 0 Å². The molecule has 168 valence electrons. The fraction of sp³-hybridized carbons (Fsp3) is 0.353. The first kappa shape index (κ1) is 24.6. The number of anilines is 2. The van der Waals surface area contributed by atoms with Gasteiger partial charge in [-0.3, -0.25) is 19.2 Å². The predicted molar refractivity (Wildman–Crippen MR) is 121 cm³/mol. The Labute approximate surface area is 187 Å². The first-order chi connectivity index (χ1) is 14.7. The van der Waals surface area contributed by atoms with Crippen molar-refractivity contribution in [2.75, 3.05) is 35.3 Å². The summed E-state index contributed by atoms with van der Waals surface area (Å²) in [5.41, 5.74) is -0.240. The summed E-state index contributed by atoms with van der Waals surface area (Å²) in [5.74, 6) is 0.486. The van der Waals surface area contributed by atoms with Crippen LogP contribution in [0, 0.1) is 10.1 Å². The molecule has 1 heterocycles. The zero-order valence-corrected chi connectivity index (χ0v) is 19.3. The molecular formula is C17H21N5O6S3. The molecule has 1 aromatic heterocycles. The van der Waals surface area contributed by atoms with Crippen molar-refractivity contribution in [2.45, 2.75) is 17.2 Å². The van der Waals surface area contributed by atoms with Crippen molar-refractivity contribution in [3.63, 3.8) is 0 Å². The van der Waals surface area contributed by atoms with Gasteiger partial charge in [-0.25, -0.2) is 8.42 Å². The minimum absolute atomic E-state index is 0.0119. The van der Waals surface area contributed by atoms with Gasteiger partial charge in [-0.2, -0.15) is 0 Å². The van der Waals surface area contributed by atoms with Crippen LogP contribution in [0.1, 0.15) is 12.8 Å². The maximum absolute atomic E-state index is 12.3. The van der Waals surface area contributed by atoms with Gasteiger partial charge in [0.15, 0.2) is 4.34 Å². The molecular weight excluding hydrogens is 466 g/mol. The summed E-state index contributed by atoms with van der Waals surface area (Å²) in [6.45, 7) is 3.55. The Kier molecular flexibility index (Phi) is 8.76. The van der Waals surface area contributed by atoms with Crippen LogP contribution in [0.2, 0.25) is 0 Å².